The summed E-state index contributed by atoms with van der Waals surface area (Å²) in [6, 6.07) is 1.72. The summed E-state index contributed by atoms with van der Waals surface area (Å²) in [5.74, 6) is 0.249. The largest absolute Gasteiger partial charge is 0.298 e. The summed E-state index contributed by atoms with van der Waals surface area (Å²) < 4.78 is 0. The van der Waals surface area contributed by atoms with Crippen LogP contribution in [-0.2, 0) is 4.79 Å². The van der Waals surface area contributed by atoms with E-state index in [0.717, 1.165) is 0 Å². The molecule has 0 spiro atoms. The van der Waals surface area contributed by atoms with Gasteiger partial charge in [0.1, 0.15) is 0 Å². The molecule has 0 atom stereocenters. The lowest BCUT2D eigenvalue weighted by atomic mass is 10.4. The first-order chi connectivity index (χ1) is 7.84. The Bertz CT molecular complexity index is 481. The van der Waals surface area contributed by atoms with Gasteiger partial charge in [0.25, 0.3) is 0 Å². The summed E-state index contributed by atoms with van der Waals surface area (Å²) in [4.78, 5) is 23.2. The molecule has 0 aliphatic carbocycles. The lowest BCUT2D eigenvalue weighted by Crippen LogP contribution is -2.07. The summed E-state index contributed by atoms with van der Waals surface area (Å²) in [5, 5.41) is 4.98. The molecule has 0 radical (unpaired) electrons. The molecular formula is C10H8N4OS. The van der Waals surface area contributed by atoms with Gasteiger partial charge in [-0.15, -0.1) is 11.3 Å². The second-order valence-electron chi connectivity index (χ2n) is 2.77. The van der Waals surface area contributed by atoms with Crippen LogP contribution < -0.4 is 5.32 Å². The Morgan fingerprint density at radius 2 is 2.06 bits per heavy atom. The van der Waals surface area contributed by atoms with Gasteiger partial charge in [0, 0.05) is 30.0 Å². The van der Waals surface area contributed by atoms with Crippen LogP contribution in [-0.4, -0.2) is 20.9 Å². The van der Waals surface area contributed by atoms with Gasteiger partial charge >= 0.3 is 0 Å². The first-order valence-corrected chi connectivity index (χ1v) is 5.38. The molecule has 80 valence electrons. The average Bonchev–Trinajstić information content (AvgIpc) is 2.81. The van der Waals surface area contributed by atoms with Crippen LogP contribution in [0.15, 0.2) is 36.1 Å². The van der Waals surface area contributed by atoms with E-state index >= 15 is 0 Å². The molecule has 0 aliphatic rings. The van der Waals surface area contributed by atoms with Gasteiger partial charge in [0.15, 0.2) is 11.0 Å². The molecule has 1 amide bonds. The molecule has 2 rings (SSSR count). The average molecular weight is 232 g/mol. The van der Waals surface area contributed by atoms with Gasteiger partial charge in [-0.05, 0) is 12.1 Å². The van der Waals surface area contributed by atoms with Crippen LogP contribution in [0.4, 0.5) is 5.13 Å². The van der Waals surface area contributed by atoms with E-state index in [2.05, 4.69) is 20.3 Å². The molecule has 1 N–H and O–H groups in total. The quantitative estimate of drug-likeness (QED) is 0.816. The highest BCUT2D eigenvalue weighted by Crippen LogP contribution is 2.09. The molecule has 2 aromatic rings. The van der Waals surface area contributed by atoms with Crippen molar-refractivity contribution in [1.29, 1.82) is 0 Å². The van der Waals surface area contributed by atoms with E-state index in [9.17, 15) is 4.79 Å². The van der Waals surface area contributed by atoms with E-state index in [0.29, 0.717) is 11.0 Å². The van der Waals surface area contributed by atoms with E-state index in [4.69, 9.17) is 0 Å². The molecule has 16 heavy (non-hydrogen) atoms. The summed E-state index contributed by atoms with van der Waals surface area (Å²) in [6.07, 6.45) is 7.78. The van der Waals surface area contributed by atoms with Crippen molar-refractivity contribution in [3.8, 4) is 0 Å². The maximum atomic E-state index is 11.4. The highest BCUT2D eigenvalue weighted by atomic mass is 32.1. The van der Waals surface area contributed by atoms with Gasteiger partial charge in [-0.3, -0.25) is 10.1 Å². The number of carbonyl (C=O) groups is 1. The fourth-order valence-electron chi connectivity index (χ4n) is 0.979. The van der Waals surface area contributed by atoms with Gasteiger partial charge in [-0.1, -0.05) is 0 Å². The zero-order valence-electron chi connectivity index (χ0n) is 8.20. The topological polar surface area (TPSA) is 67.8 Å². The Labute approximate surface area is 95.9 Å². The van der Waals surface area contributed by atoms with E-state index in [1.807, 2.05) is 0 Å². The first-order valence-electron chi connectivity index (χ1n) is 4.50. The molecule has 0 aromatic carbocycles. The number of thiazole rings is 1. The highest BCUT2D eigenvalue weighted by molar-refractivity contribution is 7.13. The lowest BCUT2D eigenvalue weighted by molar-refractivity contribution is -0.111. The smallest absolute Gasteiger partial charge is 0.250 e. The van der Waals surface area contributed by atoms with Crippen LogP contribution >= 0.6 is 11.3 Å². The summed E-state index contributed by atoms with van der Waals surface area (Å²) in [7, 11) is 0. The summed E-state index contributed by atoms with van der Waals surface area (Å²) in [5.41, 5.74) is 0. The Balaban J connectivity index is 1.95. The van der Waals surface area contributed by atoms with E-state index in [1.165, 1.54) is 17.4 Å². The summed E-state index contributed by atoms with van der Waals surface area (Å²) in [6.45, 7) is 0. The SMILES string of the molecule is O=C(/C=C/c1ncccn1)Nc1nccs1. The Morgan fingerprint density at radius 1 is 1.25 bits per heavy atom. The highest BCUT2D eigenvalue weighted by Gasteiger charge is 1.99. The fraction of sp³-hybridized carbons (Fsp3) is 0. The zero-order valence-corrected chi connectivity index (χ0v) is 9.02. The van der Waals surface area contributed by atoms with Crippen molar-refractivity contribution in [2.75, 3.05) is 5.32 Å². The third-order valence-corrected chi connectivity index (χ3v) is 2.32. The predicted molar refractivity (Wildman–Crippen MR) is 61.8 cm³/mol. The number of anilines is 1. The van der Waals surface area contributed by atoms with Crippen LogP contribution in [0.25, 0.3) is 6.08 Å². The summed E-state index contributed by atoms with van der Waals surface area (Å²) >= 11 is 1.36. The molecule has 0 saturated carbocycles. The minimum atomic E-state index is -0.248. The van der Waals surface area contributed by atoms with E-state index in [-0.39, 0.29) is 5.91 Å². The number of hydrogen-bond donors (Lipinski definition) is 1. The monoisotopic (exact) mass is 232 g/mol. The number of rotatable bonds is 3. The zero-order chi connectivity index (χ0) is 11.2. The third-order valence-electron chi connectivity index (χ3n) is 1.63. The molecule has 0 aliphatic heterocycles. The number of hydrogen-bond acceptors (Lipinski definition) is 5. The van der Waals surface area contributed by atoms with Crippen molar-refractivity contribution < 1.29 is 4.79 Å². The van der Waals surface area contributed by atoms with Crippen LogP contribution in [0.2, 0.25) is 0 Å². The Kier molecular flexibility index (Phi) is 3.35. The molecular weight excluding hydrogens is 224 g/mol. The van der Waals surface area contributed by atoms with E-state index in [1.54, 1.807) is 36.1 Å². The fourth-order valence-corrected chi connectivity index (χ4v) is 1.51. The normalized spacial score (nSPS) is 10.5. The number of nitrogens with zero attached hydrogens (tertiary/aromatic N) is 3. The van der Waals surface area contributed by atoms with Gasteiger partial charge < -0.3 is 0 Å². The van der Waals surface area contributed by atoms with Crippen molar-refractivity contribution in [2.45, 2.75) is 0 Å². The van der Waals surface area contributed by atoms with Gasteiger partial charge in [0.2, 0.25) is 5.91 Å². The molecule has 0 fully saturated rings. The van der Waals surface area contributed by atoms with Gasteiger partial charge in [0.05, 0.1) is 0 Å². The Morgan fingerprint density at radius 3 is 2.75 bits per heavy atom. The van der Waals surface area contributed by atoms with Crippen molar-refractivity contribution in [3.05, 3.63) is 41.9 Å². The molecule has 0 unspecified atom stereocenters. The van der Waals surface area contributed by atoms with Crippen molar-refractivity contribution in [2.24, 2.45) is 0 Å². The third kappa shape index (κ3) is 2.96. The van der Waals surface area contributed by atoms with E-state index < -0.39 is 0 Å². The molecule has 2 heterocycles. The maximum absolute atomic E-state index is 11.4. The first kappa shape index (κ1) is 10.4. The molecule has 6 heteroatoms. The van der Waals surface area contributed by atoms with Crippen molar-refractivity contribution in [3.63, 3.8) is 0 Å². The van der Waals surface area contributed by atoms with Crippen LogP contribution in [0, 0.1) is 0 Å². The minimum Gasteiger partial charge on any atom is -0.298 e. The minimum absolute atomic E-state index is 0.248. The molecule has 0 bridgehead atoms. The number of aromatic nitrogens is 3. The predicted octanol–water partition coefficient (Wildman–Crippen LogP) is 1.58. The van der Waals surface area contributed by atoms with Crippen LogP contribution in [0.5, 0.6) is 0 Å². The van der Waals surface area contributed by atoms with Crippen molar-refractivity contribution in [1.82, 2.24) is 15.0 Å². The number of carbonyl (C=O) groups excluding carboxylic acids is 1. The number of amides is 1. The van der Waals surface area contributed by atoms with Gasteiger partial charge in [-0.25, -0.2) is 15.0 Å². The second kappa shape index (κ2) is 5.13. The maximum Gasteiger partial charge on any atom is 0.250 e. The van der Waals surface area contributed by atoms with Gasteiger partial charge in [-0.2, -0.15) is 0 Å². The lowest BCUT2D eigenvalue weighted by Gasteiger charge is -1.94. The molecule has 2 aromatic heterocycles. The van der Waals surface area contributed by atoms with Crippen LogP contribution in [0.3, 0.4) is 0 Å². The standard InChI is InChI=1S/C10H8N4OS/c15-9(14-10-13-6-7-16-10)3-2-8-11-4-1-5-12-8/h1-7H,(H,13,14,15)/b3-2+. The molecule has 5 nitrogen and oxygen atoms in total. The Hall–Kier alpha value is -2.08. The van der Waals surface area contributed by atoms with Crippen LogP contribution in [0.1, 0.15) is 5.82 Å². The molecule has 0 saturated heterocycles. The number of nitrogens with one attached hydrogen (secondary N) is 1. The second-order valence-corrected chi connectivity index (χ2v) is 3.66. The van der Waals surface area contributed by atoms with Crippen molar-refractivity contribution >= 4 is 28.5 Å².